The summed E-state index contributed by atoms with van der Waals surface area (Å²) in [7, 11) is 0. The summed E-state index contributed by atoms with van der Waals surface area (Å²) in [6.45, 7) is 2.21. The number of hydrogen-bond donors (Lipinski definition) is 1. The van der Waals surface area contributed by atoms with E-state index in [0.29, 0.717) is 5.69 Å². The maximum atomic E-state index is 11.0. The molecule has 0 bridgehead atoms. The minimum absolute atomic E-state index is 0.199. The highest BCUT2D eigenvalue weighted by Crippen LogP contribution is 2.15. The molecule has 1 N–H and O–H groups in total. The summed E-state index contributed by atoms with van der Waals surface area (Å²) in [5.41, 5.74) is 1.57. The van der Waals surface area contributed by atoms with E-state index >= 15 is 0 Å². The maximum Gasteiger partial charge on any atom is 0.248 e. The molecule has 4 heteroatoms. The first-order chi connectivity index (χ1) is 8.27. The van der Waals surface area contributed by atoms with E-state index in [0.717, 1.165) is 6.42 Å². The van der Waals surface area contributed by atoms with Gasteiger partial charge < -0.3 is 10.4 Å². The Hall–Kier alpha value is -1.58. The number of hydrogen-bond acceptors (Lipinski definition) is 2. The molecule has 1 aromatic rings. The van der Waals surface area contributed by atoms with Crippen LogP contribution in [0.1, 0.15) is 44.6 Å². The van der Waals surface area contributed by atoms with Crippen LogP contribution in [0.3, 0.4) is 0 Å². The van der Waals surface area contributed by atoms with Gasteiger partial charge in [0.2, 0.25) is 11.0 Å². The molecule has 0 amide bonds. The third-order valence-corrected chi connectivity index (χ3v) is 2.81. The van der Waals surface area contributed by atoms with Crippen LogP contribution in [0.25, 0.3) is 0 Å². The van der Waals surface area contributed by atoms with Crippen molar-refractivity contribution in [3.63, 3.8) is 0 Å². The first kappa shape index (κ1) is 13.5. The van der Waals surface area contributed by atoms with E-state index in [4.69, 9.17) is 5.21 Å². The minimum atomic E-state index is 0.199. The number of unbranched alkanes of at least 4 members (excludes halogenated alkanes) is 4. The highest BCUT2D eigenvalue weighted by atomic mass is 16.6. The minimum Gasteiger partial charge on any atom is -0.592 e. The molecular formula is C13H20N2O2. The molecule has 0 unspecified atom stereocenters. The van der Waals surface area contributed by atoms with Crippen LogP contribution >= 0.6 is 0 Å². The van der Waals surface area contributed by atoms with Gasteiger partial charge in [-0.15, -0.1) is 0 Å². The van der Waals surface area contributed by atoms with E-state index in [2.05, 4.69) is 12.2 Å². The molecular weight excluding hydrogens is 216 g/mol. The molecule has 1 rings (SSSR count). The van der Waals surface area contributed by atoms with Gasteiger partial charge in [0.15, 0.2) is 0 Å². The molecule has 0 saturated carbocycles. The molecule has 17 heavy (non-hydrogen) atoms. The molecule has 4 nitrogen and oxygen atoms in total. The van der Waals surface area contributed by atoms with Crippen LogP contribution in [0, 0.1) is 5.21 Å². The number of benzene rings is 1. The van der Waals surface area contributed by atoms with Gasteiger partial charge in [-0.1, -0.05) is 44.7 Å². The lowest BCUT2D eigenvalue weighted by molar-refractivity contribution is -0.473. The van der Waals surface area contributed by atoms with Gasteiger partial charge in [-0.05, 0) is 23.3 Å². The Balaban J connectivity index is 2.35. The van der Waals surface area contributed by atoms with Gasteiger partial charge in [-0.3, -0.25) is 0 Å². The summed E-state index contributed by atoms with van der Waals surface area (Å²) in [4.78, 5) is 0.199. The van der Waals surface area contributed by atoms with E-state index < -0.39 is 0 Å². The Morgan fingerprint density at radius 3 is 2.35 bits per heavy atom. The van der Waals surface area contributed by atoms with Crippen LogP contribution in [-0.4, -0.2) is 10.1 Å². The lowest BCUT2D eigenvalue weighted by Gasteiger charge is -2.02. The summed E-state index contributed by atoms with van der Waals surface area (Å²) in [5.74, 6) is 0. The fraction of sp³-hybridized carbons (Fsp3) is 0.538. The van der Waals surface area contributed by atoms with E-state index in [1.165, 1.54) is 37.7 Å². The van der Waals surface area contributed by atoms with Gasteiger partial charge in [0, 0.05) is 12.1 Å². The van der Waals surface area contributed by atoms with Gasteiger partial charge in [0.1, 0.15) is 0 Å². The summed E-state index contributed by atoms with van der Waals surface area (Å²) < 4.78 is 0. The van der Waals surface area contributed by atoms with Crippen LogP contribution in [0.5, 0.6) is 0 Å². The number of rotatable bonds is 7. The van der Waals surface area contributed by atoms with Crippen molar-refractivity contribution in [2.75, 3.05) is 0 Å². The second kappa shape index (κ2) is 7.65. The smallest absolute Gasteiger partial charge is 0.248 e. The van der Waals surface area contributed by atoms with Gasteiger partial charge in [-0.25, -0.2) is 0 Å². The van der Waals surface area contributed by atoms with E-state index in [9.17, 15) is 5.21 Å². The maximum absolute atomic E-state index is 11.0. The first-order valence-electron chi connectivity index (χ1n) is 6.19. The second-order valence-corrected chi connectivity index (χ2v) is 4.19. The Morgan fingerprint density at radius 2 is 1.76 bits per heavy atom. The second-order valence-electron chi connectivity index (χ2n) is 4.19. The zero-order valence-electron chi connectivity index (χ0n) is 10.3. The van der Waals surface area contributed by atoms with E-state index in [1.54, 1.807) is 12.1 Å². The van der Waals surface area contributed by atoms with Crippen molar-refractivity contribution in [3.8, 4) is 0 Å². The lowest BCUT2D eigenvalue weighted by atomic mass is 10.1. The van der Waals surface area contributed by atoms with Crippen molar-refractivity contribution >= 4 is 5.69 Å². The predicted molar refractivity (Wildman–Crippen MR) is 66.4 cm³/mol. The molecule has 0 aliphatic rings. The van der Waals surface area contributed by atoms with Crippen LogP contribution in [0.2, 0.25) is 0 Å². The quantitative estimate of drug-likeness (QED) is 0.334. The van der Waals surface area contributed by atoms with E-state index in [1.807, 2.05) is 12.1 Å². The van der Waals surface area contributed by atoms with Crippen LogP contribution in [0.15, 0.2) is 29.5 Å². The summed E-state index contributed by atoms with van der Waals surface area (Å²) in [5, 5.41) is 21.8. The largest absolute Gasteiger partial charge is 0.592 e. The summed E-state index contributed by atoms with van der Waals surface area (Å²) in [6, 6.07) is 7.17. The predicted octanol–water partition coefficient (Wildman–Crippen LogP) is 4.18. The van der Waals surface area contributed by atoms with Crippen LogP contribution < -0.4 is 0 Å². The molecule has 0 spiro atoms. The van der Waals surface area contributed by atoms with Gasteiger partial charge >= 0.3 is 0 Å². The topological polar surface area (TPSA) is 58.7 Å². The summed E-state index contributed by atoms with van der Waals surface area (Å²) >= 11 is 0. The average Bonchev–Trinajstić information content (AvgIpc) is 2.38. The molecule has 0 aliphatic heterocycles. The molecule has 1 aromatic carbocycles. The standard InChI is InChI=1S/C13H20N2O2/c1-2-3-4-5-6-7-12-8-10-13(11-9-12)15(17)14-16/h8-11,16H,2-7H2,1H3/b15-14-. The molecule has 0 saturated heterocycles. The Labute approximate surface area is 102 Å². The van der Waals surface area contributed by atoms with Crippen molar-refractivity contribution in [3.05, 3.63) is 35.0 Å². The normalized spacial score (nSPS) is 11.7. The Morgan fingerprint density at radius 1 is 1.12 bits per heavy atom. The monoisotopic (exact) mass is 236 g/mol. The van der Waals surface area contributed by atoms with Crippen molar-refractivity contribution < 1.29 is 10.1 Å². The number of aryl methyl sites for hydroxylation is 1. The van der Waals surface area contributed by atoms with Crippen molar-refractivity contribution in [1.82, 2.24) is 0 Å². The van der Waals surface area contributed by atoms with Gasteiger partial charge in [0.05, 0.1) is 0 Å². The average molecular weight is 236 g/mol. The summed E-state index contributed by atoms with van der Waals surface area (Å²) in [6.07, 6.45) is 7.35. The lowest BCUT2D eigenvalue weighted by Crippen LogP contribution is -1.91. The zero-order chi connectivity index (χ0) is 12.5. The van der Waals surface area contributed by atoms with Crippen LogP contribution in [-0.2, 0) is 6.42 Å². The van der Waals surface area contributed by atoms with Crippen molar-refractivity contribution in [2.45, 2.75) is 45.4 Å². The molecule has 0 heterocycles. The third-order valence-electron chi connectivity index (χ3n) is 2.81. The van der Waals surface area contributed by atoms with Gasteiger partial charge in [0.25, 0.3) is 0 Å². The fourth-order valence-electron chi connectivity index (χ4n) is 1.77. The Bertz CT molecular complexity index is 347. The van der Waals surface area contributed by atoms with Gasteiger partial charge in [-0.2, -0.15) is 0 Å². The molecule has 0 radical (unpaired) electrons. The van der Waals surface area contributed by atoms with E-state index in [-0.39, 0.29) is 4.86 Å². The Kier molecular flexibility index (Phi) is 6.07. The zero-order valence-corrected chi connectivity index (χ0v) is 10.3. The van der Waals surface area contributed by atoms with Crippen LogP contribution in [0.4, 0.5) is 5.69 Å². The fourth-order valence-corrected chi connectivity index (χ4v) is 1.77. The highest BCUT2D eigenvalue weighted by molar-refractivity contribution is 5.32. The molecule has 94 valence electrons. The van der Waals surface area contributed by atoms with Crippen molar-refractivity contribution in [2.24, 2.45) is 5.28 Å². The van der Waals surface area contributed by atoms with Crippen molar-refractivity contribution in [1.29, 1.82) is 0 Å². The third kappa shape index (κ3) is 4.85. The molecule has 0 aliphatic carbocycles. The molecule has 0 fully saturated rings. The highest BCUT2D eigenvalue weighted by Gasteiger charge is 2.02. The molecule has 0 atom stereocenters. The molecule has 0 aromatic heterocycles. The number of nitrogens with zero attached hydrogens (tertiary/aromatic N) is 2. The SMILES string of the molecule is CCCCCCCc1ccc(/[N+]([O-])=N/O)cc1. The first-order valence-corrected chi connectivity index (χ1v) is 6.19.